The van der Waals surface area contributed by atoms with Crippen LogP contribution < -0.4 is 0 Å². The molecule has 0 N–H and O–H groups in total. The van der Waals surface area contributed by atoms with Gasteiger partial charge in [0.05, 0.1) is 5.56 Å². The summed E-state index contributed by atoms with van der Waals surface area (Å²) in [4.78, 5) is 4.28. The van der Waals surface area contributed by atoms with Crippen molar-refractivity contribution in [1.82, 2.24) is 4.98 Å². The van der Waals surface area contributed by atoms with Crippen LogP contribution in [-0.4, -0.2) is 4.98 Å². The van der Waals surface area contributed by atoms with E-state index >= 15 is 0 Å². The van der Waals surface area contributed by atoms with Gasteiger partial charge in [0.15, 0.2) is 5.58 Å². The highest BCUT2D eigenvalue weighted by molar-refractivity contribution is 9.10. The molecule has 0 radical (unpaired) electrons. The van der Waals surface area contributed by atoms with E-state index in [2.05, 4.69) is 20.9 Å². The van der Waals surface area contributed by atoms with Gasteiger partial charge in [-0.2, -0.15) is 13.2 Å². The average molecular weight is 368 g/mol. The van der Waals surface area contributed by atoms with E-state index in [4.69, 9.17) is 4.42 Å². The minimum absolute atomic E-state index is 0.396. The largest absolute Gasteiger partial charge is 0.437 e. The van der Waals surface area contributed by atoms with Crippen LogP contribution in [0.25, 0.3) is 23.3 Å². The number of hydrogen-bond acceptors (Lipinski definition) is 2. The van der Waals surface area contributed by atoms with E-state index in [1.165, 1.54) is 12.1 Å². The van der Waals surface area contributed by atoms with E-state index in [1.807, 2.05) is 12.1 Å². The third kappa shape index (κ3) is 3.22. The number of alkyl halides is 3. The fraction of sp³-hybridized carbons (Fsp3) is 0.0625. The van der Waals surface area contributed by atoms with Gasteiger partial charge in [-0.3, -0.25) is 0 Å². The minimum Gasteiger partial charge on any atom is -0.437 e. The Morgan fingerprint density at radius 1 is 1.00 bits per heavy atom. The van der Waals surface area contributed by atoms with Crippen LogP contribution in [0.2, 0.25) is 0 Å². The topological polar surface area (TPSA) is 26.0 Å². The zero-order valence-electron chi connectivity index (χ0n) is 11.1. The molecule has 0 atom stereocenters. The zero-order valence-corrected chi connectivity index (χ0v) is 12.6. The van der Waals surface area contributed by atoms with Gasteiger partial charge in [0.2, 0.25) is 5.89 Å². The first-order valence-corrected chi connectivity index (χ1v) is 7.12. The van der Waals surface area contributed by atoms with Crippen molar-refractivity contribution in [3.05, 3.63) is 64.0 Å². The lowest BCUT2D eigenvalue weighted by Crippen LogP contribution is -2.03. The Labute approximate surface area is 132 Å². The molecule has 3 rings (SSSR count). The number of oxazole rings is 1. The molecule has 0 spiro atoms. The highest BCUT2D eigenvalue weighted by Gasteiger charge is 2.29. The first-order chi connectivity index (χ1) is 10.4. The zero-order chi connectivity index (χ0) is 15.7. The van der Waals surface area contributed by atoms with Gasteiger partial charge in [-0.05, 0) is 42.0 Å². The molecule has 0 saturated carbocycles. The number of nitrogens with zero attached hydrogens (tertiary/aromatic N) is 1. The Morgan fingerprint density at radius 2 is 1.73 bits per heavy atom. The molecule has 0 amide bonds. The molecule has 2 nitrogen and oxygen atoms in total. The van der Waals surface area contributed by atoms with Gasteiger partial charge in [-0.25, -0.2) is 4.98 Å². The van der Waals surface area contributed by atoms with Gasteiger partial charge in [0, 0.05) is 10.5 Å². The maximum atomic E-state index is 12.5. The summed E-state index contributed by atoms with van der Waals surface area (Å²) in [6.45, 7) is 0. The Balaban J connectivity index is 1.83. The maximum absolute atomic E-state index is 12.5. The molecular formula is C16H9BrF3NO. The summed E-state index contributed by atoms with van der Waals surface area (Å²) in [5.74, 6) is 0.396. The van der Waals surface area contributed by atoms with Gasteiger partial charge >= 0.3 is 6.18 Å². The molecule has 112 valence electrons. The lowest BCUT2D eigenvalue weighted by molar-refractivity contribution is -0.137. The molecule has 1 heterocycles. The molecule has 0 unspecified atom stereocenters. The molecule has 0 aliphatic carbocycles. The maximum Gasteiger partial charge on any atom is 0.416 e. The summed E-state index contributed by atoms with van der Waals surface area (Å²) in [6.07, 6.45) is -1.05. The molecule has 2 aromatic carbocycles. The summed E-state index contributed by atoms with van der Waals surface area (Å²) < 4.78 is 43.8. The van der Waals surface area contributed by atoms with E-state index in [0.29, 0.717) is 22.6 Å². The van der Waals surface area contributed by atoms with Crippen molar-refractivity contribution in [2.24, 2.45) is 0 Å². The Morgan fingerprint density at radius 3 is 2.41 bits per heavy atom. The number of halogens is 4. The third-order valence-electron chi connectivity index (χ3n) is 3.02. The Kier molecular flexibility index (Phi) is 3.78. The second-order valence-corrected chi connectivity index (χ2v) is 5.53. The minimum atomic E-state index is -4.32. The summed E-state index contributed by atoms with van der Waals surface area (Å²) in [6, 6.07) is 10.4. The highest BCUT2D eigenvalue weighted by Crippen LogP contribution is 2.29. The van der Waals surface area contributed by atoms with Crippen LogP contribution in [0.1, 0.15) is 17.0 Å². The second kappa shape index (κ2) is 5.61. The molecule has 1 aromatic heterocycles. The van der Waals surface area contributed by atoms with Gasteiger partial charge in [0.25, 0.3) is 0 Å². The van der Waals surface area contributed by atoms with Gasteiger partial charge in [0.1, 0.15) is 5.52 Å². The Hall–Kier alpha value is -2.08. The first kappa shape index (κ1) is 14.8. The molecule has 0 bridgehead atoms. The molecule has 3 aromatic rings. The molecule has 22 heavy (non-hydrogen) atoms. The van der Waals surface area contributed by atoms with E-state index in [0.717, 1.165) is 16.6 Å². The molecule has 0 aliphatic rings. The fourth-order valence-corrected chi connectivity index (χ4v) is 2.29. The van der Waals surface area contributed by atoms with Crippen LogP contribution in [0.5, 0.6) is 0 Å². The van der Waals surface area contributed by atoms with Crippen molar-refractivity contribution in [3.63, 3.8) is 0 Å². The normalized spacial score (nSPS) is 12.4. The van der Waals surface area contributed by atoms with Crippen LogP contribution >= 0.6 is 15.9 Å². The number of fused-ring (bicyclic) bond motifs is 1. The van der Waals surface area contributed by atoms with Crippen LogP contribution in [0.15, 0.2) is 51.4 Å². The third-order valence-corrected chi connectivity index (χ3v) is 3.52. The van der Waals surface area contributed by atoms with Gasteiger partial charge in [-0.1, -0.05) is 28.1 Å². The lowest BCUT2D eigenvalue weighted by atomic mass is 10.1. The summed E-state index contributed by atoms with van der Waals surface area (Å²) in [5, 5.41) is 0. The van der Waals surface area contributed by atoms with Crippen molar-refractivity contribution >= 4 is 39.2 Å². The highest BCUT2D eigenvalue weighted by atomic mass is 79.9. The van der Waals surface area contributed by atoms with Crippen LogP contribution in [0.4, 0.5) is 13.2 Å². The van der Waals surface area contributed by atoms with Crippen molar-refractivity contribution < 1.29 is 17.6 Å². The number of rotatable bonds is 2. The molecule has 0 aliphatic heterocycles. The SMILES string of the molecule is FC(F)(F)c1ccc(/C=C/c2nc3cc(Br)ccc3o2)cc1. The van der Waals surface area contributed by atoms with Crippen molar-refractivity contribution in [2.45, 2.75) is 6.18 Å². The predicted molar refractivity (Wildman–Crippen MR) is 82.1 cm³/mol. The average Bonchev–Trinajstić information content (AvgIpc) is 2.86. The smallest absolute Gasteiger partial charge is 0.416 e. The predicted octanol–water partition coefficient (Wildman–Crippen LogP) is 5.78. The fourth-order valence-electron chi connectivity index (χ4n) is 1.94. The molecular weight excluding hydrogens is 359 g/mol. The van der Waals surface area contributed by atoms with Crippen molar-refractivity contribution in [3.8, 4) is 0 Å². The number of benzene rings is 2. The number of aromatic nitrogens is 1. The molecule has 0 saturated heterocycles. The van der Waals surface area contributed by atoms with Crippen LogP contribution in [-0.2, 0) is 6.18 Å². The first-order valence-electron chi connectivity index (χ1n) is 6.33. The molecule has 0 fully saturated rings. The van der Waals surface area contributed by atoms with E-state index in [1.54, 1.807) is 18.2 Å². The van der Waals surface area contributed by atoms with Crippen LogP contribution in [0, 0.1) is 0 Å². The molecule has 6 heteroatoms. The van der Waals surface area contributed by atoms with Gasteiger partial charge in [-0.15, -0.1) is 0 Å². The Bertz CT molecular complexity index is 835. The summed E-state index contributed by atoms with van der Waals surface area (Å²) in [7, 11) is 0. The monoisotopic (exact) mass is 367 g/mol. The van der Waals surface area contributed by atoms with E-state index < -0.39 is 11.7 Å². The van der Waals surface area contributed by atoms with Crippen molar-refractivity contribution in [2.75, 3.05) is 0 Å². The van der Waals surface area contributed by atoms with E-state index in [-0.39, 0.29) is 0 Å². The standard InChI is InChI=1S/C16H9BrF3NO/c17-12-6-7-14-13(9-12)21-15(22-14)8-3-10-1-4-11(5-2-10)16(18,19)20/h1-9H/b8-3+. The van der Waals surface area contributed by atoms with Crippen LogP contribution in [0.3, 0.4) is 0 Å². The van der Waals surface area contributed by atoms with E-state index in [9.17, 15) is 13.2 Å². The second-order valence-electron chi connectivity index (χ2n) is 4.62. The number of hydrogen-bond donors (Lipinski definition) is 0. The van der Waals surface area contributed by atoms with Gasteiger partial charge < -0.3 is 4.42 Å². The quantitative estimate of drug-likeness (QED) is 0.573. The lowest BCUT2D eigenvalue weighted by Gasteiger charge is -2.05. The van der Waals surface area contributed by atoms with Crippen molar-refractivity contribution in [1.29, 1.82) is 0 Å². The summed E-state index contributed by atoms with van der Waals surface area (Å²) in [5.41, 5.74) is 1.32. The summed E-state index contributed by atoms with van der Waals surface area (Å²) >= 11 is 3.35.